The van der Waals surface area contributed by atoms with Gasteiger partial charge in [0.1, 0.15) is 0 Å². The summed E-state index contributed by atoms with van der Waals surface area (Å²) in [7, 11) is 0. The summed E-state index contributed by atoms with van der Waals surface area (Å²) in [6, 6.07) is 5.03. The van der Waals surface area contributed by atoms with Gasteiger partial charge in [0, 0.05) is 29.8 Å². The summed E-state index contributed by atoms with van der Waals surface area (Å²) in [6.45, 7) is 0.663. The summed E-state index contributed by atoms with van der Waals surface area (Å²) in [5, 5.41) is 11.9. The molecule has 2 N–H and O–H groups in total. The maximum Gasteiger partial charge on any atom is 0.251 e. The average molecular weight is 298 g/mol. The molecular weight excluding hydrogens is 282 g/mol. The van der Waals surface area contributed by atoms with E-state index in [1.807, 2.05) is 6.26 Å². The Morgan fingerprint density at radius 2 is 2.32 bits per heavy atom. The van der Waals surface area contributed by atoms with E-state index in [0.717, 1.165) is 5.75 Å². The number of rotatable bonds is 5. The van der Waals surface area contributed by atoms with Crippen LogP contribution in [-0.4, -0.2) is 36.2 Å². The van der Waals surface area contributed by atoms with Crippen LogP contribution in [0.1, 0.15) is 22.3 Å². The van der Waals surface area contributed by atoms with Gasteiger partial charge in [-0.05, 0) is 24.5 Å². The van der Waals surface area contributed by atoms with Crippen LogP contribution in [0.3, 0.4) is 0 Å². The molecule has 0 heterocycles. The van der Waals surface area contributed by atoms with E-state index in [4.69, 9.17) is 16.7 Å². The van der Waals surface area contributed by atoms with Crippen LogP contribution in [0.15, 0.2) is 18.2 Å². The summed E-state index contributed by atoms with van der Waals surface area (Å²) in [6.07, 6.45) is 2.40. The van der Waals surface area contributed by atoms with Gasteiger partial charge in [-0.15, -0.1) is 0 Å². The van der Waals surface area contributed by atoms with Crippen LogP contribution in [0.25, 0.3) is 0 Å². The molecule has 1 aromatic rings. The number of amides is 1. The lowest BCUT2D eigenvalue weighted by molar-refractivity contribution is 0.0956. The van der Waals surface area contributed by atoms with Gasteiger partial charge in [-0.1, -0.05) is 23.4 Å². The molecule has 5 heteroatoms. The van der Waals surface area contributed by atoms with Crippen molar-refractivity contribution < 1.29 is 9.90 Å². The van der Waals surface area contributed by atoms with Gasteiger partial charge in [0.05, 0.1) is 11.6 Å². The highest BCUT2D eigenvalue weighted by Crippen LogP contribution is 2.17. The van der Waals surface area contributed by atoms with Crippen LogP contribution in [0.2, 0.25) is 5.02 Å². The molecule has 0 bridgehead atoms. The number of aliphatic hydroxyl groups excluding tert-OH is 1. The Hall–Kier alpha value is -1.15. The highest BCUT2D eigenvalue weighted by molar-refractivity contribution is 7.98. The molecular formula is C14H16ClNO2S. The van der Waals surface area contributed by atoms with E-state index in [1.165, 1.54) is 0 Å². The molecule has 3 nitrogen and oxygen atoms in total. The van der Waals surface area contributed by atoms with E-state index in [1.54, 1.807) is 30.0 Å². The Balaban J connectivity index is 2.71. The third-order valence-electron chi connectivity index (χ3n) is 2.28. The van der Waals surface area contributed by atoms with E-state index < -0.39 is 0 Å². The second kappa shape index (κ2) is 8.87. The van der Waals surface area contributed by atoms with Crippen molar-refractivity contribution >= 4 is 29.3 Å². The lowest BCUT2D eigenvalue weighted by Gasteiger charge is -2.05. The second-order valence-corrected chi connectivity index (χ2v) is 5.11. The number of halogens is 1. The molecule has 1 amide bonds. The zero-order valence-corrected chi connectivity index (χ0v) is 12.3. The largest absolute Gasteiger partial charge is 0.395 e. The highest BCUT2D eigenvalue weighted by Gasteiger charge is 2.07. The van der Waals surface area contributed by atoms with Gasteiger partial charge in [0.25, 0.3) is 5.91 Å². The van der Waals surface area contributed by atoms with Crippen molar-refractivity contribution in [1.29, 1.82) is 0 Å². The number of carbonyl (C=O) groups is 1. The molecule has 0 unspecified atom stereocenters. The molecule has 0 atom stereocenters. The Labute approximate surface area is 122 Å². The van der Waals surface area contributed by atoms with Crippen molar-refractivity contribution in [1.82, 2.24) is 5.32 Å². The highest BCUT2D eigenvalue weighted by atomic mass is 35.5. The summed E-state index contributed by atoms with van der Waals surface area (Å²) < 4.78 is 0. The van der Waals surface area contributed by atoms with Gasteiger partial charge < -0.3 is 10.4 Å². The van der Waals surface area contributed by atoms with Crippen molar-refractivity contribution in [2.75, 3.05) is 25.2 Å². The standard InChI is InChI=1S/C14H16ClNO2S/c1-19-9-7-16-14(18)12-6-5-11(13(15)10-12)4-2-3-8-17/h5-6,10,17H,3,7-9H2,1H3,(H,16,18). The molecule has 0 spiro atoms. The minimum Gasteiger partial charge on any atom is -0.395 e. The Morgan fingerprint density at radius 1 is 1.53 bits per heavy atom. The van der Waals surface area contributed by atoms with Crippen molar-refractivity contribution in [3.05, 3.63) is 34.3 Å². The first kappa shape index (κ1) is 15.9. The number of carbonyl (C=O) groups excluding carboxylic acids is 1. The maximum absolute atomic E-state index is 11.8. The van der Waals surface area contributed by atoms with Crippen molar-refractivity contribution in [3.63, 3.8) is 0 Å². The summed E-state index contributed by atoms with van der Waals surface area (Å²) in [4.78, 5) is 11.8. The first-order chi connectivity index (χ1) is 9.19. The fraction of sp³-hybridized carbons (Fsp3) is 0.357. The molecule has 0 aliphatic carbocycles. The third kappa shape index (κ3) is 5.56. The lowest BCUT2D eigenvalue weighted by atomic mass is 10.1. The molecule has 0 radical (unpaired) electrons. The quantitative estimate of drug-likeness (QED) is 0.647. The third-order valence-corrected chi connectivity index (χ3v) is 3.21. The van der Waals surface area contributed by atoms with Crippen LogP contribution in [0, 0.1) is 11.8 Å². The number of aliphatic hydroxyl groups is 1. The van der Waals surface area contributed by atoms with E-state index >= 15 is 0 Å². The molecule has 0 aliphatic heterocycles. The fourth-order valence-corrected chi connectivity index (χ4v) is 1.87. The Kier molecular flexibility index (Phi) is 7.42. The molecule has 19 heavy (non-hydrogen) atoms. The zero-order valence-electron chi connectivity index (χ0n) is 10.7. The molecule has 0 aromatic heterocycles. The van der Waals surface area contributed by atoms with E-state index in [2.05, 4.69) is 17.2 Å². The van der Waals surface area contributed by atoms with Crippen LogP contribution in [0.4, 0.5) is 0 Å². The van der Waals surface area contributed by atoms with Gasteiger partial charge >= 0.3 is 0 Å². The first-order valence-corrected chi connectivity index (χ1v) is 7.62. The van der Waals surface area contributed by atoms with Gasteiger partial charge in [-0.2, -0.15) is 11.8 Å². The van der Waals surface area contributed by atoms with E-state index in [-0.39, 0.29) is 12.5 Å². The number of nitrogens with one attached hydrogen (secondary N) is 1. The van der Waals surface area contributed by atoms with Crippen molar-refractivity contribution in [2.24, 2.45) is 0 Å². The summed E-state index contributed by atoms with van der Waals surface area (Å²) in [5.74, 6) is 6.40. The van der Waals surface area contributed by atoms with E-state index in [0.29, 0.717) is 29.1 Å². The molecule has 0 fully saturated rings. The predicted octanol–water partition coefficient (Wildman–Crippen LogP) is 2.17. The van der Waals surface area contributed by atoms with Gasteiger partial charge in [0.2, 0.25) is 0 Å². The minimum absolute atomic E-state index is 0.0283. The number of hydrogen-bond acceptors (Lipinski definition) is 3. The van der Waals surface area contributed by atoms with Gasteiger partial charge in [0.15, 0.2) is 0 Å². The van der Waals surface area contributed by atoms with Crippen LogP contribution < -0.4 is 5.32 Å². The normalized spacial score (nSPS) is 9.63. The van der Waals surface area contributed by atoms with E-state index in [9.17, 15) is 4.79 Å². The first-order valence-electron chi connectivity index (χ1n) is 5.85. The molecule has 0 saturated heterocycles. The maximum atomic E-state index is 11.8. The van der Waals surface area contributed by atoms with Gasteiger partial charge in [-0.25, -0.2) is 0 Å². The number of benzene rings is 1. The molecule has 0 aliphatic rings. The topological polar surface area (TPSA) is 49.3 Å². The average Bonchev–Trinajstić information content (AvgIpc) is 2.41. The summed E-state index contributed by atoms with van der Waals surface area (Å²) in [5.41, 5.74) is 1.19. The monoisotopic (exact) mass is 297 g/mol. The molecule has 0 saturated carbocycles. The van der Waals surface area contributed by atoms with Crippen LogP contribution in [-0.2, 0) is 0 Å². The lowest BCUT2D eigenvalue weighted by Crippen LogP contribution is -2.25. The van der Waals surface area contributed by atoms with Crippen LogP contribution in [0.5, 0.6) is 0 Å². The molecule has 1 rings (SSSR count). The fourth-order valence-electron chi connectivity index (χ4n) is 1.34. The number of hydrogen-bond donors (Lipinski definition) is 2. The minimum atomic E-state index is -0.134. The SMILES string of the molecule is CSCCNC(=O)c1ccc(C#CCCO)c(Cl)c1. The zero-order chi connectivity index (χ0) is 14.1. The van der Waals surface area contributed by atoms with Crippen molar-refractivity contribution in [2.45, 2.75) is 6.42 Å². The smallest absolute Gasteiger partial charge is 0.251 e. The molecule has 1 aromatic carbocycles. The molecule has 102 valence electrons. The second-order valence-electron chi connectivity index (χ2n) is 3.72. The van der Waals surface area contributed by atoms with Crippen molar-refractivity contribution in [3.8, 4) is 11.8 Å². The van der Waals surface area contributed by atoms with Crippen LogP contribution >= 0.6 is 23.4 Å². The Bertz CT molecular complexity index is 494. The van der Waals surface area contributed by atoms with Gasteiger partial charge in [-0.3, -0.25) is 4.79 Å². The number of thioether (sulfide) groups is 1. The predicted molar refractivity (Wildman–Crippen MR) is 80.7 cm³/mol. The summed E-state index contributed by atoms with van der Waals surface area (Å²) >= 11 is 7.74. The Morgan fingerprint density at radius 3 is 2.95 bits per heavy atom.